The average Bonchev–Trinajstić information content (AvgIpc) is 2.45. The van der Waals surface area contributed by atoms with Crippen molar-refractivity contribution in [3.8, 4) is 0 Å². The van der Waals surface area contributed by atoms with Gasteiger partial charge in [0.05, 0.1) is 23.5 Å². The largest absolute Gasteiger partial charge is 0.481 e. The van der Waals surface area contributed by atoms with Crippen LogP contribution in [-0.2, 0) is 24.8 Å². The van der Waals surface area contributed by atoms with Gasteiger partial charge in [-0.2, -0.15) is 0 Å². The number of carbonyl (C=O) groups is 1. The molecule has 1 saturated heterocycles. The first-order chi connectivity index (χ1) is 10.5. The summed E-state index contributed by atoms with van der Waals surface area (Å²) in [5.74, 6) is -0.917. The molecule has 0 aromatic heterocycles. The Balaban J connectivity index is 2.12. The van der Waals surface area contributed by atoms with Crippen molar-refractivity contribution < 1.29 is 23.1 Å². The molecule has 0 unspecified atom stereocenters. The number of carboxylic acids is 1. The lowest BCUT2D eigenvalue weighted by Crippen LogP contribution is -2.43. The first-order valence-corrected chi connectivity index (χ1v) is 9.18. The van der Waals surface area contributed by atoms with E-state index in [1.54, 1.807) is 24.3 Å². The van der Waals surface area contributed by atoms with Gasteiger partial charge in [-0.3, -0.25) is 4.79 Å². The van der Waals surface area contributed by atoms with Crippen LogP contribution in [0, 0.1) is 0 Å². The molecule has 6 heteroatoms. The highest BCUT2D eigenvalue weighted by Crippen LogP contribution is 2.43. The number of hydrogen-bond acceptors (Lipinski definition) is 4. The third-order valence-corrected chi connectivity index (χ3v) is 6.99. The molecular weight excluding hydrogens is 304 g/mol. The predicted octanol–water partition coefficient (Wildman–Crippen LogP) is 2.15. The van der Waals surface area contributed by atoms with E-state index in [1.165, 1.54) is 0 Å². The molecule has 1 aliphatic carbocycles. The Morgan fingerprint density at radius 3 is 2.32 bits per heavy atom. The Kier molecular flexibility index (Phi) is 3.99. The van der Waals surface area contributed by atoms with Crippen molar-refractivity contribution in [3.63, 3.8) is 0 Å². The molecule has 5 nitrogen and oxygen atoms in total. The molecule has 0 amide bonds. The molecule has 2 aliphatic rings. The molecule has 1 saturated carbocycles. The van der Waals surface area contributed by atoms with Gasteiger partial charge in [0, 0.05) is 0 Å². The minimum Gasteiger partial charge on any atom is -0.481 e. The van der Waals surface area contributed by atoms with Crippen LogP contribution in [0.1, 0.15) is 37.7 Å². The van der Waals surface area contributed by atoms with Crippen LogP contribution in [-0.4, -0.2) is 38.0 Å². The molecule has 0 bridgehead atoms. The van der Waals surface area contributed by atoms with Crippen molar-refractivity contribution >= 4 is 15.8 Å². The minimum atomic E-state index is -3.54. The van der Waals surface area contributed by atoms with E-state index in [0.29, 0.717) is 18.4 Å². The van der Waals surface area contributed by atoms with E-state index in [-0.39, 0.29) is 18.1 Å². The number of aliphatic carboxylic acids is 1. The van der Waals surface area contributed by atoms with Crippen LogP contribution in [0.2, 0.25) is 0 Å². The molecule has 3 rings (SSSR count). The molecule has 1 aromatic carbocycles. The number of carboxylic acid groups (broad SMARTS) is 1. The van der Waals surface area contributed by atoms with Gasteiger partial charge in [0.15, 0.2) is 9.84 Å². The van der Waals surface area contributed by atoms with Crippen LogP contribution in [0.15, 0.2) is 29.2 Å². The molecule has 120 valence electrons. The van der Waals surface area contributed by atoms with Crippen LogP contribution in [0.5, 0.6) is 0 Å². The van der Waals surface area contributed by atoms with Crippen LogP contribution in [0.4, 0.5) is 0 Å². The third-order valence-electron chi connectivity index (χ3n) is 4.87. The number of hydrogen-bond donors (Lipinski definition) is 1. The topological polar surface area (TPSA) is 80.7 Å². The molecule has 0 radical (unpaired) electrons. The van der Waals surface area contributed by atoms with E-state index in [9.17, 15) is 18.3 Å². The Bertz CT molecular complexity index is 670. The highest BCUT2D eigenvalue weighted by Gasteiger charge is 2.46. The molecule has 2 fully saturated rings. The zero-order valence-corrected chi connectivity index (χ0v) is 13.1. The van der Waals surface area contributed by atoms with Gasteiger partial charge >= 0.3 is 5.97 Å². The minimum absolute atomic E-state index is 0.174. The summed E-state index contributed by atoms with van der Waals surface area (Å²) in [7, 11) is -3.54. The number of benzene rings is 1. The van der Waals surface area contributed by atoms with Crippen molar-refractivity contribution in [1.82, 2.24) is 0 Å². The van der Waals surface area contributed by atoms with E-state index < -0.39 is 26.5 Å². The summed E-state index contributed by atoms with van der Waals surface area (Å²) in [6.45, 7) is 0.382. The molecule has 0 atom stereocenters. The maximum Gasteiger partial charge on any atom is 0.314 e. The van der Waals surface area contributed by atoms with Crippen LogP contribution in [0.25, 0.3) is 0 Å². The quantitative estimate of drug-likeness (QED) is 0.918. The zero-order chi connectivity index (χ0) is 15.8. The number of sulfone groups is 1. The van der Waals surface area contributed by atoms with Crippen molar-refractivity contribution in [2.24, 2.45) is 0 Å². The summed E-state index contributed by atoms with van der Waals surface area (Å²) < 4.78 is 30.5. The fourth-order valence-electron chi connectivity index (χ4n) is 3.44. The van der Waals surface area contributed by atoms with E-state index in [0.717, 1.165) is 19.3 Å². The van der Waals surface area contributed by atoms with Gasteiger partial charge in [0.25, 0.3) is 0 Å². The lowest BCUT2D eigenvalue weighted by Gasteiger charge is -2.36. The first kappa shape index (κ1) is 15.5. The number of ether oxygens (including phenoxy) is 1. The van der Waals surface area contributed by atoms with Crippen LogP contribution >= 0.6 is 0 Å². The molecule has 1 N–H and O–H groups in total. The summed E-state index contributed by atoms with van der Waals surface area (Å²) in [5, 5.41) is 9.27. The summed E-state index contributed by atoms with van der Waals surface area (Å²) >= 11 is 0. The Morgan fingerprint density at radius 1 is 1.14 bits per heavy atom. The van der Waals surface area contributed by atoms with Crippen molar-refractivity contribution in [2.75, 3.05) is 13.2 Å². The zero-order valence-electron chi connectivity index (χ0n) is 12.3. The normalized spacial score (nSPS) is 22.0. The van der Waals surface area contributed by atoms with Gasteiger partial charge in [-0.1, -0.05) is 37.5 Å². The fourth-order valence-corrected chi connectivity index (χ4v) is 5.18. The average molecular weight is 324 g/mol. The van der Waals surface area contributed by atoms with Crippen LogP contribution in [0.3, 0.4) is 0 Å². The standard InChI is InChI=1S/C16H20O5S/c17-15(18)16(8-4-1-5-9-16)13-6-2-3-7-14(13)22(19,20)12-10-21-11-12/h2-3,6-7,12H,1,4-5,8-11H2,(H,17,18). The predicted molar refractivity (Wildman–Crippen MR) is 80.6 cm³/mol. The van der Waals surface area contributed by atoms with Crippen molar-refractivity contribution in [2.45, 2.75) is 47.7 Å². The third kappa shape index (κ3) is 2.34. The molecule has 1 aromatic rings. The highest BCUT2D eigenvalue weighted by molar-refractivity contribution is 7.92. The van der Waals surface area contributed by atoms with Crippen LogP contribution < -0.4 is 0 Å². The molecule has 1 heterocycles. The second kappa shape index (κ2) is 5.66. The fraction of sp³-hybridized carbons (Fsp3) is 0.562. The van der Waals surface area contributed by atoms with Gasteiger partial charge in [0.1, 0.15) is 5.25 Å². The maximum absolute atomic E-state index is 12.8. The Labute approximate surface area is 130 Å². The maximum atomic E-state index is 12.8. The van der Waals surface area contributed by atoms with Crippen molar-refractivity contribution in [1.29, 1.82) is 0 Å². The summed E-state index contributed by atoms with van der Waals surface area (Å²) in [6, 6.07) is 6.60. The second-order valence-electron chi connectivity index (χ2n) is 6.15. The smallest absolute Gasteiger partial charge is 0.314 e. The van der Waals surface area contributed by atoms with E-state index >= 15 is 0 Å². The molecule has 0 spiro atoms. The number of rotatable bonds is 4. The monoisotopic (exact) mass is 324 g/mol. The van der Waals surface area contributed by atoms with Gasteiger partial charge in [-0.15, -0.1) is 0 Å². The first-order valence-electron chi connectivity index (χ1n) is 7.63. The van der Waals surface area contributed by atoms with E-state index in [1.807, 2.05) is 0 Å². The Morgan fingerprint density at radius 2 is 1.77 bits per heavy atom. The van der Waals surface area contributed by atoms with E-state index in [4.69, 9.17) is 4.74 Å². The lowest BCUT2D eigenvalue weighted by atomic mass is 9.69. The van der Waals surface area contributed by atoms with Crippen molar-refractivity contribution in [3.05, 3.63) is 29.8 Å². The van der Waals surface area contributed by atoms with E-state index in [2.05, 4.69) is 0 Å². The Hall–Kier alpha value is -1.40. The van der Waals surface area contributed by atoms with Gasteiger partial charge in [-0.05, 0) is 24.5 Å². The molecule has 1 aliphatic heterocycles. The molecular formula is C16H20O5S. The van der Waals surface area contributed by atoms with Gasteiger partial charge in [-0.25, -0.2) is 8.42 Å². The van der Waals surface area contributed by atoms with Gasteiger partial charge in [0.2, 0.25) is 0 Å². The summed E-state index contributed by atoms with van der Waals surface area (Å²) in [6.07, 6.45) is 3.62. The summed E-state index contributed by atoms with van der Waals surface area (Å²) in [4.78, 5) is 12.2. The second-order valence-corrected chi connectivity index (χ2v) is 8.35. The van der Waals surface area contributed by atoms with Gasteiger partial charge < -0.3 is 9.84 Å². The highest BCUT2D eigenvalue weighted by atomic mass is 32.2. The lowest BCUT2D eigenvalue weighted by molar-refractivity contribution is -0.145. The molecule has 22 heavy (non-hydrogen) atoms. The summed E-state index contributed by atoms with van der Waals surface area (Å²) in [5.41, 5.74) is -0.624. The SMILES string of the molecule is O=C(O)C1(c2ccccc2S(=O)(=O)C2COC2)CCCCC1.